The molecule has 20 heavy (non-hydrogen) atoms. The van der Waals surface area contributed by atoms with Crippen LogP contribution in [0, 0.1) is 6.92 Å². The van der Waals surface area contributed by atoms with E-state index in [4.69, 9.17) is 10.5 Å². The number of hydrogen-bond acceptors (Lipinski definition) is 4. The number of benzene rings is 1. The quantitative estimate of drug-likeness (QED) is 0.910. The number of pyridine rings is 1. The lowest BCUT2D eigenvalue weighted by atomic mass is 10.00. The first-order valence-corrected chi connectivity index (χ1v) is 6.90. The molecule has 0 bridgehead atoms. The number of anilines is 2. The number of ether oxygens (including phenoxy) is 1. The van der Waals surface area contributed by atoms with Crippen LogP contribution in [0.5, 0.6) is 0 Å². The third-order valence-corrected chi connectivity index (χ3v) is 3.69. The summed E-state index contributed by atoms with van der Waals surface area (Å²) in [5, 5.41) is 0. The molecule has 1 aliphatic heterocycles. The molecule has 0 amide bonds. The molecule has 1 fully saturated rings. The molecule has 4 nitrogen and oxygen atoms in total. The Hall–Kier alpha value is -2.07. The van der Waals surface area contributed by atoms with Crippen LogP contribution in [0.15, 0.2) is 36.5 Å². The van der Waals surface area contributed by atoms with Crippen molar-refractivity contribution in [3.05, 3.63) is 42.1 Å². The summed E-state index contributed by atoms with van der Waals surface area (Å²) in [7, 11) is 0. The van der Waals surface area contributed by atoms with Gasteiger partial charge in [0.2, 0.25) is 0 Å². The number of nitrogen functional groups attached to an aromatic ring is 1. The molecule has 2 heterocycles. The maximum atomic E-state index is 6.11. The molecule has 104 valence electrons. The van der Waals surface area contributed by atoms with Crippen LogP contribution in [0.2, 0.25) is 0 Å². The highest BCUT2D eigenvalue weighted by molar-refractivity contribution is 5.80. The predicted molar refractivity (Wildman–Crippen MR) is 81.9 cm³/mol. The summed E-state index contributed by atoms with van der Waals surface area (Å²) in [5.41, 5.74) is 10.3. The third-order valence-electron chi connectivity index (χ3n) is 3.69. The van der Waals surface area contributed by atoms with Gasteiger partial charge < -0.3 is 15.4 Å². The Morgan fingerprint density at radius 3 is 2.65 bits per heavy atom. The third kappa shape index (κ3) is 2.47. The van der Waals surface area contributed by atoms with E-state index >= 15 is 0 Å². The number of nitrogens with two attached hydrogens (primary N) is 1. The van der Waals surface area contributed by atoms with Crippen molar-refractivity contribution in [2.24, 2.45) is 0 Å². The Labute approximate surface area is 119 Å². The lowest BCUT2D eigenvalue weighted by Crippen LogP contribution is -2.36. The minimum Gasteiger partial charge on any atom is -0.397 e. The minimum absolute atomic E-state index is 0.719. The Kier molecular flexibility index (Phi) is 3.56. The molecule has 0 unspecified atom stereocenters. The molecule has 0 aliphatic carbocycles. The highest BCUT2D eigenvalue weighted by Gasteiger charge is 2.15. The molecule has 4 heteroatoms. The van der Waals surface area contributed by atoms with Gasteiger partial charge in [-0.1, -0.05) is 24.3 Å². The van der Waals surface area contributed by atoms with E-state index in [0.29, 0.717) is 0 Å². The van der Waals surface area contributed by atoms with E-state index < -0.39 is 0 Å². The molecule has 1 aliphatic rings. The van der Waals surface area contributed by atoms with E-state index in [1.807, 2.05) is 12.1 Å². The van der Waals surface area contributed by atoms with Crippen LogP contribution in [0.4, 0.5) is 11.5 Å². The van der Waals surface area contributed by atoms with Gasteiger partial charge >= 0.3 is 0 Å². The van der Waals surface area contributed by atoms with Gasteiger partial charge in [0.25, 0.3) is 0 Å². The highest BCUT2D eigenvalue weighted by Crippen LogP contribution is 2.31. The summed E-state index contributed by atoms with van der Waals surface area (Å²) >= 11 is 0. The molecular weight excluding hydrogens is 250 g/mol. The van der Waals surface area contributed by atoms with Crippen molar-refractivity contribution in [2.75, 3.05) is 36.9 Å². The fourth-order valence-electron chi connectivity index (χ4n) is 2.53. The number of hydrogen-bond donors (Lipinski definition) is 1. The van der Waals surface area contributed by atoms with Crippen molar-refractivity contribution in [3.8, 4) is 11.1 Å². The van der Waals surface area contributed by atoms with E-state index in [2.05, 4.69) is 35.0 Å². The summed E-state index contributed by atoms with van der Waals surface area (Å²) in [6, 6.07) is 10.4. The van der Waals surface area contributed by atoms with Gasteiger partial charge in [0.05, 0.1) is 25.1 Å². The van der Waals surface area contributed by atoms with Crippen molar-refractivity contribution in [1.29, 1.82) is 0 Å². The normalized spacial score (nSPS) is 15.3. The fraction of sp³-hybridized carbons (Fsp3) is 0.312. The Balaban J connectivity index is 2.00. The monoisotopic (exact) mass is 269 g/mol. The fourth-order valence-corrected chi connectivity index (χ4v) is 2.53. The zero-order valence-corrected chi connectivity index (χ0v) is 11.7. The van der Waals surface area contributed by atoms with Crippen molar-refractivity contribution >= 4 is 11.5 Å². The van der Waals surface area contributed by atoms with E-state index in [0.717, 1.165) is 43.4 Å². The van der Waals surface area contributed by atoms with Crippen LogP contribution in [-0.2, 0) is 4.74 Å². The van der Waals surface area contributed by atoms with Crippen LogP contribution < -0.4 is 10.6 Å². The summed E-state index contributed by atoms with van der Waals surface area (Å²) in [4.78, 5) is 6.70. The van der Waals surface area contributed by atoms with Crippen molar-refractivity contribution in [1.82, 2.24) is 4.98 Å². The van der Waals surface area contributed by atoms with Crippen LogP contribution in [-0.4, -0.2) is 31.3 Å². The zero-order valence-electron chi connectivity index (χ0n) is 11.7. The first-order chi connectivity index (χ1) is 9.75. The van der Waals surface area contributed by atoms with Crippen LogP contribution in [0.1, 0.15) is 5.56 Å². The van der Waals surface area contributed by atoms with Crippen LogP contribution in [0.25, 0.3) is 11.1 Å². The number of aromatic nitrogens is 1. The largest absolute Gasteiger partial charge is 0.397 e. The van der Waals surface area contributed by atoms with Gasteiger partial charge in [-0.3, -0.25) is 0 Å². The summed E-state index contributed by atoms with van der Waals surface area (Å²) in [6.45, 7) is 5.37. The second-order valence-electron chi connectivity index (χ2n) is 5.04. The topological polar surface area (TPSA) is 51.4 Å². The number of aryl methyl sites for hydroxylation is 1. The highest BCUT2D eigenvalue weighted by atomic mass is 16.5. The van der Waals surface area contributed by atoms with Crippen molar-refractivity contribution < 1.29 is 4.74 Å². The van der Waals surface area contributed by atoms with E-state index in [-0.39, 0.29) is 0 Å². The van der Waals surface area contributed by atoms with Gasteiger partial charge in [-0.25, -0.2) is 4.98 Å². The lowest BCUT2D eigenvalue weighted by Gasteiger charge is -2.28. The van der Waals surface area contributed by atoms with Gasteiger partial charge in [0, 0.05) is 18.7 Å². The average Bonchev–Trinajstić information content (AvgIpc) is 2.49. The Morgan fingerprint density at radius 1 is 1.15 bits per heavy atom. The first kappa shape index (κ1) is 12.9. The van der Waals surface area contributed by atoms with Crippen molar-refractivity contribution in [2.45, 2.75) is 6.92 Å². The van der Waals surface area contributed by atoms with Gasteiger partial charge in [0.15, 0.2) is 0 Å². The molecular formula is C16H19N3O. The minimum atomic E-state index is 0.719. The molecule has 0 atom stereocenters. The summed E-state index contributed by atoms with van der Waals surface area (Å²) < 4.78 is 5.38. The lowest BCUT2D eigenvalue weighted by molar-refractivity contribution is 0.122. The summed E-state index contributed by atoms with van der Waals surface area (Å²) in [5.74, 6) is 0.973. The summed E-state index contributed by atoms with van der Waals surface area (Å²) in [6.07, 6.45) is 1.76. The molecule has 1 aromatic heterocycles. The maximum absolute atomic E-state index is 6.11. The van der Waals surface area contributed by atoms with Crippen LogP contribution in [0.3, 0.4) is 0 Å². The number of nitrogens with zero attached hydrogens (tertiary/aromatic N) is 2. The molecule has 0 spiro atoms. The molecule has 0 radical (unpaired) electrons. The molecule has 0 saturated carbocycles. The number of rotatable bonds is 2. The Morgan fingerprint density at radius 2 is 1.90 bits per heavy atom. The molecule has 1 saturated heterocycles. The maximum Gasteiger partial charge on any atom is 0.129 e. The first-order valence-electron chi connectivity index (χ1n) is 6.90. The predicted octanol–water partition coefficient (Wildman–Crippen LogP) is 2.48. The molecule has 3 rings (SSSR count). The van der Waals surface area contributed by atoms with E-state index in [1.54, 1.807) is 6.20 Å². The van der Waals surface area contributed by atoms with Gasteiger partial charge in [-0.05, 0) is 24.1 Å². The second kappa shape index (κ2) is 5.51. The Bertz CT molecular complexity index is 606. The zero-order chi connectivity index (χ0) is 13.9. The van der Waals surface area contributed by atoms with Gasteiger partial charge in [0.1, 0.15) is 5.82 Å². The van der Waals surface area contributed by atoms with Crippen molar-refractivity contribution in [3.63, 3.8) is 0 Å². The molecule has 1 aromatic carbocycles. The van der Waals surface area contributed by atoms with Crippen LogP contribution >= 0.6 is 0 Å². The molecule has 2 N–H and O–H groups in total. The van der Waals surface area contributed by atoms with Gasteiger partial charge in [-0.15, -0.1) is 0 Å². The van der Waals surface area contributed by atoms with Gasteiger partial charge in [-0.2, -0.15) is 0 Å². The second-order valence-corrected chi connectivity index (χ2v) is 5.04. The molecule has 2 aromatic rings. The number of morpholine rings is 1. The SMILES string of the molecule is Cc1ccccc1-c1cc(N2CCOCC2)ncc1N. The standard InChI is InChI=1S/C16H19N3O/c1-12-4-2-3-5-13(12)14-10-16(18-11-15(14)17)19-6-8-20-9-7-19/h2-5,10-11H,6-9,17H2,1H3. The smallest absolute Gasteiger partial charge is 0.129 e. The van der Waals surface area contributed by atoms with E-state index in [9.17, 15) is 0 Å². The average molecular weight is 269 g/mol. The van der Waals surface area contributed by atoms with E-state index in [1.165, 1.54) is 11.1 Å².